The standard InChI is InChI=1S/C14H18F2N2OS.ClH/c15-14(16)20-12-4-2-1-3-11(12)18-13(19)6-5-10-7-8-17-9-10;/h1-4,10,14,17H,5-9H2,(H,18,19);1H. The summed E-state index contributed by atoms with van der Waals surface area (Å²) >= 11 is 0.452. The maximum absolute atomic E-state index is 12.4. The number of carbonyl (C=O) groups is 1. The number of hydrogen-bond acceptors (Lipinski definition) is 3. The molecule has 0 aliphatic carbocycles. The Morgan fingerprint density at radius 3 is 2.86 bits per heavy atom. The number of carbonyl (C=O) groups excluding carboxylic acids is 1. The van der Waals surface area contributed by atoms with Gasteiger partial charge in [0.05, 0.1) is 5.69 Å². The van der Waals surface area contributed by atoms with Crippen molar-refractivity contribution in [2.24, 2.45) is 5.92 Å². The Hall–Kier alpha value is -0.850. The average molecular weight is 337 g/mol. The monoisotopic (exact) mass is 336 g/mol. The second-order valence-corrected chi connectivity index (χ2v) is 5.85. The molecular formula is C14H19ClF2N2OS. The Kier molecular flexibility index (Phi) is 8.00. The lowest BCUT2D eigenvalue weighted by Crippen LogP contribution is -2.15. The van der Waals surface area contributed by atoms with Gasteiger partial charge in [0.1, 0.15) is 0 Å². The minimum Gasteiger partial charge on any atom is -0.325 e. The molecule has 3 nitrogen and oxygen atoms in total. The van der Waals surface area contributed by atoms with Gasteiger partial charge in [0, 0.05) is 11.3 Å². The van der Waals surface area contributed by atoms with Crippen LogP contribution in [-0.4, -0.2) is 24.8 Å². The van der Waals surface area contributed by atoms with Crippen molar-refractivity contribution in [2.75, 3.05) is 18.4 Å². The summed E-state index contributed by atoms with van der Waals surface area (Å²) in [7, 11) is 0. The lowest BCUT2D eigenvalue weighted by Gasteiger charge is -2.11. The summed E-state index contributed by atoms with van der Waals surface area (Å²) in [5.41, 5.74) is 0.465. The first kappa shape index (κ1) is 18.2. The van der Waals surface area contributed by atoms with Crippen molar-refractivity contribution < 1.29 is 13.6 Å². The maximum atomic E-state index is 12.4. The Bertz CT molecular complexity index is 456. The molecule has 1 saturated heterocycles. The van der Waals surface area contributed by atoms with E-state index < -0.39 is 5.76 Å². The van der Waals surface area contributed by atoms with E-state index in [1.165, 1.54) is 0 Å². The van der Waals surface area contributed by atoms with Gasteiger partial charge in [0.25, 0.3) is 5.76 Å². The molecule has 1 fully saturated rings. The van der Waals surface area contributed by atoms with Crippen molar-refractivity contribution in [3.63, 3.8) is 0 Å². The molecule has 1 aromatic carbocycles. The van der Waals surface area contributed by atoms with Gasteiger partial charge < -0.3 is 10.6 Å². The molecule has 0 bridgehead atoms. The minimum absolute atomic E-state index is 0. The van der Waals surface area contributed by atoms with Gasteiger partial charge in [-0.05, 0) is 44.0 Å². The molecule has 1 amide bonds. The third kappa shape index (κ3) is 6.20. The van der Waals surface area contributed by atoms with E-state index in [2.05, 4.69) is 10.6 Å². The van der Waals surface area contributed by atoms with Crippen LogP contribution in [0.2, 0.25) is 0 Å². The fraction of sp³-hybridized carbons (Fsp3) is 0.500. The SMILES string of the molecule is Cl.O=C(CCC1CCNC1)Nc1ccccc1SC(F)F. The topological polar surface area (TPSA) is 41.1 Å². The molecule has 0 aromatic heterocycles. The number of anilines is 1. The highest BCUT2D eigenvalue weighted by molar-refractivity contribution is 7.99. The molecule has 2 N–H and O–H groups in total. The highest BCUT2D eigenvalue weighted by Crippen LogP contribution is 2.31. The van der Waals surface area contributed by atoms with E-state index in [1.807, 2.05) is 0 Å². The first-order valence-corrected chi connectivity index (χ1v) is 7.57. The van der Waals surface area contributed by atoms with Crippen LogP contribution in [0.15, 0.2) is 29.2 Å². The van der Waals surface area contributed by atoms with Gasteiger partial charge in [-0.1, -0.05) is 23.9 Å². The Labute approximate surface area is 133 Å². The van der Waals surface area contributed by atoms with Crippen molar-refractivity contribution in [1.29, 1.82) is 0 Å². The minimum atomic E-state index is -2.49. The number of hydrogen-bond donors (Lipinski definition) is 2. The largest absolute Gasteiger partial charge is 0.325 e. The molecule has 1 aliphatic rings. The van der Waals surface area contributed by atoms with Crippen LogP contribution in [0.4, 0.5) is 14.5 Å². The molecule has 2 rings (SSSR count). The van der Waals surface area contributed by atoms with E-state index in [9.17, 15) is 13.6 Å². The number of benzene rings is 1. The number of thioether (sulfide) groups is 1. The van der Waals surface area contributed by atoms with Crippen molar-refractivity contribution in [3.8, 4) is 0 Å². The molecule has 118 valence electrons. The van der Waals surface area contributed by atoms with E-state index in [0.29, 0.717) is 34.7 Å². The second-order valence-electron chi connectivity index (χ2n) is 4.82. The van der Waals surface area contributed by atoms with Crippen LogP contribution in [0, 0.1) is 5.92 Å². The smallest absolute Gasteiger partial charge is 0.288 e. The van der Waals surface area contributed by atoms with Crippen molar-refractivity contribution in [2.45, 2.75) is 29.9 Å². The molecule has 21 heavy (non-hydrogen) atoms. The van der Waals surface area contributed by atoms with Crippen LogP contribution in [0.3, 0.4) is 0 Å². The second kappa shape index (κ2) is 9.23. The Morgan fingerprint density at radius 2 is 2.19 bits per heavy atom. The van der Waals surface area contributed by atoms with Gasteiger partial charge in [0.15, 0.2) is 0 Å². The highest BCUT2D eigenvalue weighted by Gasteiger charge is 2.16. The summed E-state index contributed by atoms with van der Waals surface area (Å²) in [5, 5.41) is 5.98. The zero-order valence-electron chi connectivity index (χ0n) is 11.5. The van der Waals surface area contributed by atoms with Crippen LogP contribution in [0.25, 0.3) is 0 Å². The third-order valence-electron chi connectivity index (χ3n) is 3.32. The number of rotatable bonds is 6. The first-order valence-electron chi connectivity index (χ1n) is 6.69. The van der Waals surface area contributed by atoms with Crippen molar-refractivity contribution in [3.05, 3.63) is 24.3 Å². The van der Waals surface area contributed by atoms with Gasteiger partial charge in [-0.3, -0.25) is 4.79 Å². The Morgan fingerprint density at radius 1 is 1.43 bits per heavy atom. The summed E-state index contributed by atoms with van der Waals surface area (Å²) in [6.07, 6.45) is 2.37. The molecule has 1 aromatic rings. The Balaban J connectivity index is 0.00000220. The fourth-order valence-corrected chi connectivity index (χ4v) is 2.87. The first-order chi connectivity index (χ1) is 9.65. The zero-order chi connectivity index (χ0) is 14.4. The predicted octanol–water partition coefficient (Wildman–Crippen LogP) is 3.75. The predicted molar refractivity (Wildman–Crippen MR) is 84.4 cm³/mol. The number of para-hydroxylation sites is 1. The number of halogens is 3. The molecule has 0 spiro atoms. The van der Waals surface area contributed by atoms with E-state index in [1.54, 1.807) is 24.3 Å². The summed E-state index contributed by atoms with van der Waals surface area (Å²) < 4.78 is 24.9. The third-order valence-corrected chi connectivity index (χ3v) is 4.11. The molecular weight excluding hydrogens is 318 g/mol. The molecule has 1 unspecified atom stereocenters. The highest BCUT2D eigenvalue weighted by atomic mass is 35.5. The fourth-order valence-electron chi connectivity index (χ4n) is 2.28. The zero-order valence-corrected chi connectivity index (χ0v) is 13.1. The maximum Gasteiger partial charge on any atom is 0.288 e. The summed E-state index contributed by atoms with van der Waals surface area (Å²) in [4.78, 5) is 12.3. The van der Waals surface area contributed by atoms with Crippen molar-refractivity contribution in [1.82, 2.24) is 5.32 Å². The molecule has 1 atom stereocenters. The van der Waals surface area contributed by atoms with E-state index >= 15 is 0 Å². The normalized spacial score (nSPS) is 17.6. The number of nitrogens with one attached hydrogen (secondary N) is 2. The summed E-state index contributed by atoms with van der Waals surface area (Å²) in [5.74, 6) is -2.05. The molecule has 0 saturated carbocycles. The van der Waals surface area contributed by atoms with Gasteiger partial charge >= 0.3 is 0 Å². The van der Waals surface area contributed by atoms with Gasteiger partial charge in [0.2, 0.25) is 5.91 Å². The van der Waals surface area contributed by atoms with E-state index in [-0.39, 0.29) is 18.3 Å². The van der Waals surface area contributed by atoms with Gasteiger partial charge in [-0.15, -0.1) is 12.4 Å². The van der Waals surface area contributed by atoms with Crippen LogP contribution >= 0.6 is 24.2 Å². The van der Waals surface area contributed by atoms with Gasteiger partial charge in [-0.25, -0.2) is 0 Å². The molecule has 7 heteroatoms. The molecule has 1 aliphatic heterocycles. The van der Waals surface area contributed by atoms with E-state index in [0.717, 1.165) is 25.9 Å². The summed E-state index contributed by atoms with van der Waals surface area (Å²) in [6.45, 7) is 1.98. The summed E-state index contributed by atoms with van der Waals surface area (Å²) in [6, 6.07) is 6.66. The number of amides is 1. The number of alkyl halides is 2. The quantitative estimate of drug-likeness (QED) is 0.777. The average Bonchev–Trinajstić information content (AvgIpc) is 2.91. The van der Waals surface area contributed by atoms with Crippen LogP contribution < -0.4 is 10.6 Å². The van der Waals surface area contributed by atoms with Crippen LogP contribution in [0.5, 0.6) is 0 Å². The molecule has 1 heterocycles. The molecule has 0 radical (unpaired) electrons. The lowest BCUT2D eigenvalue weighted by atomic mass is 10.0. The van der Waals surface area contributed by atoms with Crippen LogP contribution in [-0.2, 0) is 4.79 Å². The lowest BCUT2D eigenvalue weighted by molar-refractivity contribution is -0.116. The van der Waals surface area contributed by atoms with E-state index in [4.69, 9.17) is 0 Å². The van der Waals surface area contributed by atoms with Crippen LogP contribution in [0.1, 0.15) is 19.3 Å². The van der Waals surface area contributed by atoms with Crippen molar-refractivity contribution >= 4 is 35.8 Å². The van der Waals surface area contributed by atoms with Gasteiger partial charge in [-0.2, -0.15) is 8.78 Å².